The summed E-state index contributed by atoms with van der Waals surface area (Å²) in [5.74, 6) is -5.11. The number of hydrogen-bond donors (Lipinski definition) is 0. The van der Waals surface area contributed by atoms with E-state index in [9.17, 15) is 26.3 Å². The van der Waals surface area contributed by atoms with E-state index in [1.165, 1.54) is 0 Å². The highest BCUT2D eigenvalue weighted by Crippen LogP contribution is 2.38. The molecule has 1 aromatic carbocycles. The van der Waals surface area contributed by atoms with Gasteiger partial charge in [-0.3, -0.25) is 0 Å². The van der Waals surface area contributed by atoms with E-state index in [0.717, 1.165) is 6.92 Å². The van der Waals surface area contributed by atoms with E-state index in [0.29, 0.717) is 6.07 Å². The van der Waals surface area contributed by atoms with Gasteiger partial charge in [0.2, 0.25) is 0 Å². The average molecular weight is 300 g/mol. The standard InChI is InChI=1S/C11H4ClF6N/c1-3-7(12)6-5(19-10(3)11(16,17)18)2-4(13)8(14)9(6)15/h2H,1H3. The van der Waals surface area contributed by atoms with Gasteiger partial charge in [0, 0.05) is 6.07 Å². The lowest BCUT2D eigenvalue weighted by Gasteiger charge is -2.13. The Balaban J connectivity index is 2.97. The van der Waals surface area contributed by atoms with Gasteiger partial charge < -0.3 is 0 Å². The third-order valence-electron chi connectivity index (χ3n) is 2.55. The highest BCUT2D eigenvalue weighted by Gasteiger charge is 2.36. The molecule has 0 amide bonds. The number of fused-ring (bicyclic) bond motifs is 1. The second-order valence-electron chi connectivity index (χ2n) is 3.78. The van der Waals surface area contributed by atoms with Crippen LogP contribution in [0.25, 0.3) is 10.9 Å². The summed E-state index contributed by atoms with van der Waals surface area (Å²) < 4.78 is 77.5. The van der Waals surface area contributed by atoms with E-state index >= 15 is 0 Å². The lowest BCUT2D eigenvalue weighted by Crippen LogP contribution is -2.12. The molecule has 2 aromatic rings. The Morgan fingerprint density at radius 1 is 1.11 bits per heavy atom. The van der Waals surface area contributed by atoms with Crippen molar-refractivity contribution in [1.29, 1.82) is 0 Å². The molecule has 1 nitrogen and oxygen atoms in total. The Labute approximate surface area is 107 Å². The summed E-state index contributed by atoms with van der Waals surface area (Å²) in [5.41, 5.74) is -2.61. The summed E-state index contributed by atoms with van der Waals surface area (Å²) in [7, 11) is 0. The van der Waals surface area contributed by atoms with E-state index in [2.05, 4.69) is 4.98 Å². The molecule has 0 fully saturated rings. The van der Waals surface area contributed by atoms with Crippen LogP contribution in [0, 0.1) is 24.4 Å². The second-order valence-corrected chi connectivity index (χ2v) is 4.16. The van der Waals surface area contributed by atoms with Gasteiger partial charge in [-0.2, -0.15) is 13.2 Å². The lowest BCUT2D eigenvalue weighted by molar-refractivity contribution is -0.141. The molecule has 1 aromatic heterocycles. The van der Waals surface area contributed by atoms with E-state index in [-0.39, 0.29) is 0 Å². The number of benzene rings is 1. The SMILES string of the molecule is Cc1c(C(F)(F)F)nc2cc(F)c(F)c(F)c2c1Cl. The number of nitrogens with zero attached hydrogens (tertiary/aromatic N) is 1. The third-order valence-corrected chi connectivity index (χ3v) is 3.02. The van der Waals surface area contributed by atoms with Crippen LogP contribution >= 0.6 is 11.6 Å². The van der Waals surface area contributed by atoms with E-state index in [1.807, 2.05) is 0 Å². The van der Waals surface area contributed by atoms with Crippen LogP contribution < -0.4 is 0 Å². The minimum absolute atomic E-state index is 0.369. The Kier molecular flexibility index (Phi) is 3.12. The van der Waals surface area contributed by atoms with Crippen molar-refractivity contribution in [2.45, 2.75) is 13.1 Å². The fraction of sp³-hybridized carbons (Fsp3) is 0.182. The Morgan fingerprint density at radius 2 is 1.68 bits per heavy atom. The summed E-state index contributed by atoms with van der Waals surface area (Å²) >= 11 is 5.60. The summed E-state index contributed by atoms with van der Waals surface area (Å²) in [6, 6.07) is 0.369. The zero-order chi connectivity index (χ0) is 14.5. The molecular formula is C11H4ClF6N. The summed E-state index contributed by atoms with van der Waals surface area (Å²) in [6.07, 6.45) is -4.83. The molecule has 0 unspecified atom stereocenters. The van der Waals surface area contributed by atoms with Gasteiger partial charge >= 0.3 is 6.18 Å². The molecule has 19 heavy (non-hydrogen) atoms. The van der Waals surface area contributed by atoms with E-state index in [4.69, 9.17) is 11.6 Å². The van der Waals surface area contributed by atoms with Crippen molar-refractivity contribution in [2.24, 2.45) is 0 Å². The minimum Gasteiger partial charge on any atom is -0.243 e. The quantitative estimate of drug-likeness (QED) is 0.510. The minimum atomic E-state index is -4.83. The average Bonchev–Trinajstić information content (AvgIpc) is 2.29. The van der Waals surface area contributed by atoms with Crippen LogP contribution in [0.15, 0.2) is 6.07 Å². The predicted molar refractivity (Wildman–Crippen MR) is 56.4 cm³/mol. The van der Waals surface area contributed by atoms with Gasteiger partial charge in [0.1, 0.15) is 5.69 Å². The summed E-state index contributed by atoms with van der Waals surface area (Å²) in [5, 5.41) is -1.32. The molecule has 0 aliphatic heterocycles. The van der Waals surface area contributed by atoms with E-state index in [1.54, 1.807) is 0 Å². The molecule has 2 rings (SSSR count). The van der Waals surface area contributed by atoms with Crippen LogP contribution in [0.3, 0.4) is 0 Å². The number of alkyl halides is 3. The van der Waals surface area contributed by atoms with Crippen molar-refractivity contribution >= 4 is 22.5 Å². The molecule has 0 atom stereocenters. The van der Waals surface area contributed by atoms with Gasteiger partial charge in [-0.1, -0.05) is 11.6 Å². The van der Waals surface area contributed by atoms with Crippen LogP contribution in [-0.2, 0) is 6.18 Å². The number of hydrogen-bond acceptors (Lipinski definition) is 1. The van der Waals surface area contributed by atoms with Gasteiger partial charge in [-0.15, -0.1) is 0 Å². The van der Waals surface area contributed by atoms with Gasteiger partial charge in [-0.05, 0) is 12.5 Å². The molecule has 0 bridgehead atoms. The van der Waals surface area contributed by atoms with Crippen LogP contribution in [0.5, 0.6) is 0 Å². The number of halogens is 7. The molecule has 0 N–H and O–H groups in total. The molecule has 0 spiro atoms. The van der Waals surface area contributed by atoms with Gasteiger partial charge in [0.05, 0.1) is 15.9 Å². The smallest absolute Gasteiger partial charge is 0.243 e. The first kappa shape index (κ1) is 13.9. The normalized spacial score (nSPS) is 12.2. The van der Waals surface area contributed by atoms with Gasteiger partial charge in [-0.25, -0.2) is 18.2 Å². The molecule has 1 heterocycles. The third kappa shape index (κ3) is 2.11. The molecule has 0 radical (unpaired) electrons. The Morgan fingerprint density at radius 3 is 2.21 bits per heavy atom. The van der Waals surface area contributed by atoms with Crippen molar-refractivity contribution in [2.75, 3.05) is 0 Å². The fourth-order valence-corrected chi connectivity index (χ4v) is 1.92. The topological polar surface area (TPSA) is 12.9 Å². The number of pyridine rings is 1. The van der Waals surface area contributed by atoms with Crippen molar-refractivity contribution < 1.29 is 26.3 Å². The van der Waals surface area contributed by atoms with Crippen molar-refractivity contribution in [1.82, 2.24) is 4.98 Å². The summed E-state index contributed by atoms with van der Waals surface area (Å²) in [6.45, 7) is 0.971. The molecular weight excluding hydrogens is 296 g/mol. The van der Waals surface area contributed by atoms with Gasteiger partial charge in [0.25, 0.3) is 0 Å². The van der Waals surface area contributed by atoms with E-state index < -0.39 is 50.8 Å². The maximum Gasteiger partial charge on any atom is 0.433 e. The molecule has 0 saturated heterocycles. The van der Waals surface area contributed by atoms with Crippen molar-refractivity contribution in [3.63, 3.8) is 0 Å². The van der Waals surface area contributed by atoms with Crippen molar-refractivity contribution in [3.05, 3.63) is 39.8 Å². The van der Waals surface area contributed by atoms with Crippen LogP contribution in [0.4, 0.5) is 26.3 Å². The Bertz CT molecular complexity index is 679. The van der Waals surface area contributed by atoms with Crippen LogP contribution in [-0.4, -0.2) is 4.98 Å². The largest absolute Gasteiger partial charge is 0.433 e. The Hall–Kier alpha value is -1.50. The van der Waals surface area contributed by atoms with Gasteiger partial charge in [0.15, 0.2) is 17.5 Å². The number of rotatable bonds is 0. The molecule has 0 saturated carbocycles. The summed E-state index contributed by atoms with van der Waals surface area (Å²) in [4.78, 5) is 3.11. The molecule has 0 aliphatic carbocycles. The second kappa shape index (κ2) is 4.26. The molecule has 8 heteroatoms. The zero-order valence-electron chi connectivity index (χ0n) is 9.17. The monoisotopic (exact) mass is 299 g/mol. The molecule has 0 aliphatic rings. The maximum absolute atomic E-state index is 13.5. The maximum atomic E-state index is 13.5. The van der Waals surface area contributed by atoms with Crippen LogP contribution in [0.2, 0.25) is 5.02 Å². The first-order valence-electron chi connectivity index (χ1n) is 4.85. The fourth-order valence-electron chi connectivity index (χ4n) is 1.65. The predicted octanol–water partition coefficient (Wildman–Crippen LogP) is 4.63. The first-order valence-corrected chi connectivity index (χ1v) is 5.23. The highest BCUT2D eigenvalue weighted by molar-refractivity contribution is 6.36. The lowest BCUT2D eigenvalue weighted by atomic mass is 10.1. The first-order chi connectivity index (χ1) is 8.64. The zero-order valence-corrected chi connectivity index (χ0v) is 9.93. The number of aromatic nitrogens is 1. The van der Waals surface area contributed by atoms with Crippen LogP contribution in [0.1, 0.15) is 11.3 Å². The molecule has 102 valence electrons. The van der Waals surface area contributed by atoms with Crippen molar-refractivity contribution in [3.8, 4) is 0 Å². The highest BCUT2D eigenvalue weighted by atomic mass is 35.5.